The second-order valence-electron chi connectivity index (χ2n) is 4.44. The quantitative estimate of drug-likeness (QED) is 0.751. The molecule has 0 aromatic heterocycles. The Kier molecular flexibility index (Phi) is 6.21. The van der Waals surface area contributed by atoms with Crippen LogP contribution in [0, 0.1) is 0 Å². The lowest BCUT2D eigenvalue weighted by Gasteiger charge is -2.10. The molecule has 0 fully saturated rings. The van der Waals surface area contributed by atoms with E-state index in [9.17, 15) is 8.42 Å². The van der Waals surface area contributed by atoms with Crippen LogP contribution in [0.4, 0.5) is 0 Å². The number of rotatable bonds is 7. The zero-order chi connectivity index (χ0) is 14.3. The molecule has 0 aliphatic rings. The van der Waals surface area contributed by atoms with Crippen molar-refractivity contribution < 1.29 is 8.42 Å². The summed E-state index contributed by atoms with van der Waals surface area (Å²) in [5.74, 6) is 0.442. The van der Waals surface area contributed by atoms with Gasteiger partial charge >= 0.3 is 0 Å². The highest BCUT2D eigenvalue weighted by Crippen LogP contribution is 2.20. The molecule has 1 unspecified atom stereocenters. The fourth-order valence-electron chi connectivity index (χ4n) is 1.63. The molecule has 0 aliphatic carbocycles. The van der Waals surface area contributed by atoms with Crippen molar-refractivity contribution in [3.05, 3.63) is 42.0 Å². The van der Waals surface area contributed by atoms with E-state index in [0.29, 0.717) is 17.4 Å². The van der Waals surface area contributed by atoms with Crippen molar-refractivity contribution in [2.45, 2.75) is 31.1 Å². The van der Waals surface area contributed by atoms with E-state index in [1.54, 1.807) is 24.3 Å². The molecule has 1 atom stereocenters. The monoisotopic (exact) mass is 282 g/mol. The molecule has 19 heavy (non-hydrogen) atoms. The molecule has 0 amide bonds. The molecule has 1 rings (SSSR count). The van der Waals surface area contributed by atoms with Gasteiger partial charge in [0.15, 0.2) is 0 Å². The van der Waals surface area contributed by atoms with E-state index in [1.807, 2.05) is 12.1 Å². The lowest BCUT2D eigenvalue weighted by Crippen LogP contribution is -2.23. The summed E-state index contributed by atoms with van der Waals surface area (Å²) in [7, 11) is -3.43. The summed E-state index contributed by atoms with van der Waals surface area (Å²) < 4.78 is 26.4. The second-order valence-corrected chi connectivity index (χ2v) is 6.20. The first-order valence-electron chi connectivity index (χ1n) is 6.46. The largest absolute Gasteiger partial charge is 0.327 e. The zero-order valence-corrected chi connectivity index (χ0v) is 12.3. The Labute approximate surface area is 115 Å². The number of hydrogen-bond acceptors (Lipinski definition) is 3. The minimum atomic E-state index is -3.43. The van der Waals surface area contributed by atoms with Gasteiger partial charge in [-0.3, -0.25) is 0 Å². The van der Waals surface area contributed by atoms with Crippen LogP contribution in [0.5, 0.6) is 0 Å². The molecule has 3 N–H and O–H groups in total. The molecule has 0 aliphatic heterocycles. The topological polar surface area (TPSA) is 72.2 Å². The van der Waals surface area contributed by atoms with E-state index in [2.05, 4.69) is 18.6 Å². The SMILES string of the molecule is CCC(C)c1ccc(S(=O)(=O)NC/C=C/CN)cc1. The third kappa shape index (κ3) is 4.78. The smallest absolute Gasteiger partial charge is 0.240 e. The van der Waals surface area contributed by atoms with Crippen LogP contribution in [0.3, 0.4) is 0 Å². The fraction of sp³-hybridized carbons (Fsp3) is 0.429. The normalized spacial score (nSPS) is 13.8. The molecule has 0 saturated carbocycles. The summed E-state index contributed by atoms with van der Waals surface area (Å²) >= 11 is 0. The van der Waals surface area contributed by atoms with Crippen molar-refractivity contribution in [3.63, 3.8) is 0 Å². The van der Waals surface area contributed by atoms with Crippen LogP contribution in [0.25, 0.3) is 0 Å². The Balaban J connectivity index is 2.76. The Bertz CT molecular complexity index is 507. The lowest BCUT2D eigenvalue weighted by atomic mass is 9.99. The number of benzene rings is 1. The van der Waals surface area contributed by atoms with Crippen LogP contribution in [-0.4, -0.2) is 21.5 Å². The van der Waals surface area contributed by atoms with Gasteiger partial charge in [0.1, 0.15) is 0 Å². The highest BCUT2D eigenvalue weighted by Gasteiger charge is 2.13. The first-order chi connectivity index (χ1) is 9.01. The van der Waals surface area contributed by atoms with Gasteiger partial charge in [0.05, 0.1) is 4.90 Å². The number of nitrogens with two attached hydrogens (primary N) is 1. The minimum Gasteiger partial charge on any atom is -0.327 e. The minimum absolute atomic E-state index is 0.257. The van der Waals surface area contributed by atoms with Crippen molar-refractivity contribution in [3.8, 4) is 0 Å². The Hall–Kier alpha value is -1.17. The maximum absolute atomic E-state index is 12.0. The molecular formula is C14H22N2O2S. The lowest BCUT2D eigenvalue weighted by molar-refractivity contribution is 0.585. The van der Waals surface area contributed by atoms with E-state index in [-0.39, 0.29) is 6.54 Å². The van der Waals surface area contributed by atoms with Gasteiger partial charge in [-0.25, -0.2) is 13.1 Å². The molecule has 0 heterocycles. The maximum Gasteiger partial charge on any atom is 0.240 e. The molecule has 4 nitrogen and oxygen atoms in total. The third-order valence-electron chi connectivity index (χ3n) is 3.07. The zero-order valence-electron chi connectivity index (χ0n) is 11.5. The average Bonchev–Trinajstić information content (AvgIpc) is 2.43. The summed E-state index contributed by atoms with van der Waals surface area (Å²) in [6.07, 6.45) is 4.45. The molecule has 1 aromatic carbocycles. The van der Waals surface area contributed by atoms with Gasteiger partial charge in [-0.15, -0.1) is 0 Å². The van der Waals surface area contributed by atoms with Gasteiger partial charge in [-0.05, 0) is 30.0 Å². The fourth-order valence-corrected chi connectivity index (χ4v) is 2.61. The summed E-state index contributed by atoms with van der Waals surface area (Å²) in [6.45, 7) is 4.90. The van der Waals surface area contributed by atoms with E-state index in [4.69, 9.17) is 5.73 Å². The number of sulfonamides is 1. The van der Waals surface area contributed by atoms with Crippen LogP contribution >= 0.6 is 0 Å². The van der Waals surface area contributed by atoms with E-state index < -0.39 is 10.0 Å². The first kappa shape index (κ1) is 15.9. The highest BCUT2D eigenvalue weighted by molar-refractivity contribution is 7.89. The first-order valence-corrected chi connectivity index (χ1v) is 7.94. The van der Waals surface area contributed by atoms with E-state index in [1.165, 1.54) is 0 Å². The standard InChI is InChI=1S/C14H22N2O2S/c1-3-12(2)13-6-8-14(9-7-13)19(17,18)16-11-5-4-10-15/h4-9,12,16H,3,10-11,15H2,1-2H3/b5-4+. The van der Waals surface area contributed by atoms with Gasteiger partial charge in [-0.1, -0.05) is 38.1 Å². The molecule has 0 saturated heterocycles. The molecular weight excluding hydrogens is 260 g/mol. The predicted octanol–water partition coefficient (Wildman–Crippen LogP) is 1.99. The highest BCUT2D eigenvalue weighted by atomic mass is 32.2. The summed E-state index contributed by atoms with van der Waals surface area (Å²) in [4.78, 5) is 0.292. The van der Waals surface area contributed by atoms with Gasteiger partial charge in [0.2, 0.25) is 10.0 Å². The van der Waals surface area contributed by atoms with Crippen molar-refractivity contribution >= 4 is 10.0 Å². The second kappa shape index (κ2) is 7.43. The number of hydrogen-bond donors (Lipinski definition) is 2. The van der Waals surface area contributed by atoms with Crippen molar-refractivity contribution in [1.29, 1.82) is 0 Å². The summed E-state index contributed by atoms with van der Waals surface area (Å²) in [6, 6.07) is 7.05. The summed E-state index contributed by atoms with van der Waals surface area (Å²) in [5, 5.41) is 0. The van der Waals surface area contributed by atoms with Crippen molar-refractivity contribution in [1.82, 2.24) is 4.72 Å². The average molecular weight is 282 g/mol. The summed E-state index contributed by atoms with van der Waals surface area (Å²) in [5.41, 5.74) is 6.44. The van der Waals surface area contributed by atoms with Gasteiger partial charge in [-0.2, -0.15) is 0 Å². The molecule has 5 heteroatoms. The van der Waals surface area contributed by atoms with Crippen LogP contribution in [0.2, 0.25) is 0 Å². The molecule has 1 aromatic rings. The van der Waals surface area contributed by atoms with Gasteiger partial charge in [0.25, 0.3) is 0 Å². The van der Waals surface area contributed by atoms with Crippen LogP contribution in [0.1, 0.15) is 31.7 Å². The van der Waals surface area contributed by atoms with Gasteiger partial charge in [0, 0.05) is 13.1 Å². The van der Waals surface area contributed by atoms with E-state index in [0.717, 1.165) is 12.0 Å². The van der Waals surface area contributed by atoms with Crippen molar-refractivity contribution in [2.75, 3.05) is 13.1 Å². The molecule has 0 bridgehead atoms. The number of nitrogens with one attached hydrogen (secondary N) is 1. The van der Waals surface area contributed by atoms with Crippen LogP contribution < -0.4 is 10.5 Å². The van der Waals surface area contributed by atoms with E-state index >= 15 is 0 Å². The Morgan fingerprint density at radius 3 is 2.42 bits per heavy atom. The maximum atomic E-state index is 12.0. The molecule has 106 valence electrons. The Morgan fingerprint density at radius 2 is 1.89 bits per heavy atom. The third-order valence-corrected chi connectivity index (χ3v) is 4.51. The molecule has 0 spiro atoms. The predicted molar refractivity (Wildman–Crippen MR) is 78.5 cm³/mol. The van der Waals surface area contributed by atoms with Gasteiger partial charge < -0.3 is 5.73 Å². The van der Waals surface area contributed by atoms with Crippen LogP contribution in [-0.2, 0) is 10.0 Å². The van der Waals surface area contributed by atoms with Crippen LogP contribution in [0.15, 0.2) is 41.3 Å². The Morgan fingerprint density at radius 1 is 1.26 bits per heavy atom. The molecule has 0 radical (unpaired) electrons. The van der Waals surface area contributed by atoms with Crippen molar-refractivity contribution in [2.24, 2.45) is 5.73 Å².